The van der Waals surface area contributed by atoms with Gasteiger partial charge in [-0.15, -0.1) is 0 Å². The summed E-state index contributed by atoms with van der Waals surface area (Å²) < 4.78 is 0. The van der Waals surface area contributed by atoms with Gasteiger partial charge in [-0.2, -0.15) is 0 Å². The SMILES string of the molecule is O=c1[nH]c(=O)c2nc3c([N+](=O)[O-])ccc(-c4cccc5ccccc45)c3nc2[nH]1. The fraction of sp³-hybridized carbons (Fsp3) is 0. The lowest BCUT2D eigenvalue weighted by Crippen LogP contribution is -2.23. The number of benzene rings is 3. The molecule has 0 unspecified atom stereocenters. The van der Waals surface area contributed by atoms with Crippen LogP contribution in [0.15, 0.2) is 64.2 Å². The third kappa shape index (κ3) is 2.56. The number of rotatable bonds is 2. The minimum atomic E-state index is -0.761. The minimum absolute atomic E-state index is 0.0227. The van der Waals surface area contributed by atoms with Crippen molar-refractivity contribution in [1.82, 2.24) is 19.9 Å². The molecule has 5 aromatic rings. The lowest BCUT2D eigenvalue weighted by atomic mass is 9.97. The van der Waals surface area contributed by atoms with Crippen molar-refractivity contribution in [3.63, 3.8) is 0 Å². The van der Waals surface area contributed by atoms with Gasteiger partial charge in [0.15, 0.2) is 16.7 Å². The van der Waals surface area contributed by atoms with Crippen molar-refractivity contribution >= 4 is 38.7 Å². The molecule has 0 aliphatic heterocycles. The zero-order valence-corrected chi connectivity index (χ0v) is 14.7. The first kappa shape index (κ1) is 16.8. The number of hydrogen-bond acceptors (Lipinski definition) is 6. The van der Waals surface area contributed by atoms with Gasteiger partial charge in [0.1, 0.15) is 5.52 Å². The van der Waals surface area contributed by atoms with E-state index in [1.165, 1.54) is 6.07 Å². The van der Waals surface area contributed by atoms with Crippen molar-refractivity contribution in [1.29, 1.82) is 0 Å². The van der Waals surface area contributed by atoms with Crippen LogP contribution in [0.4, 0.5) is 5.69 Å². The van der Waals surface area contributed by atoms with Crippen LogP contribution >= 0.6 is 0 Å². The van der Waals surface area contributed by atoms with Gasteiger partial charge in [0.2, 0.25) is 0 Å². The molecule has 0 saturated carbocycles. The molecule has 0 saturated heterocycles. The second-order valence-corrected chi connectivity index (χ2v) is 6.44. The number of hydrogen-bond donors (Lipinski definition) is 2. The van der Waals surface area contributed by atoms with Crippen LogP contribution in [0.1, 0.15) is 0 Å². The van der Waals surface area contributed by atoms with Crippen LogP contribution in [-0.4, -0.2) is 24.9 Å². The molecule has 0 amide bonds. The van der Waals surface area contributed by atoms with Gasteiger partial charge in [-0.1, -0.05) is 42.5 Å². The predicted octanol–water partition coefficient (Wildman–Crippen LogP) is 2.89. The molecule has 0 atom stereocenters. The zero-order chi connectivity index (χ0) is 20.1. The molecular weight excluding hydrogens is 374 g/mol. The van der Waals surface area contributed by atoms with Crippen LogP contribution < -0.4 is 11.2 Å². The van der Waals surface area contributed by atoms with Crippen LogP contribution in [-0.2, 0) is 0 Å². The first-order valence-corrected chi connectivity index (χ1v) is 8.62. The summed E-state index contributed by atoms with van der Waals surface area (Å²) in [6.45, 7) is 0. The highest BCUT2D eigenvalue weighted by molar-refractivity contribution is 6.06. The van der Waals surface area contributed by atoms with E-state index in [-0.39, 0.29) is 27.9 Å². The van der Waals surface area contributed by atoms with Crippen LogP contribution in [0.5, 0.6) is 0 Å². The Morgan fingerprint density at radius 2 is 1.59 bits per heavy atom. The average molecular weight is 385 g/mol. The number of nitro benzene ring substituents is 1. The Balaban J connectivity index is 1.98. The van der Waals surface area contributed by atoms with Gasteiger partial charge >= 0.3 is 5.69 Å². The minimum Gasteiger partial charge on any atom is -0.290 e. The number of nitro groups is 1. The molecule has 0 bridgehead atoms. The van der Waals surface area contributed by atoms with E-state index in [0.29, 0.717) is 5.56 Å². The van der Waals surface area contributed by atoms with Gasteiger partial charge in [-0.25, -0.2) is 14.8 Å². The van der Waals surface area contributed by atoms with Crippen LogP contribution in [0.3, 0.4) is 0 Å². The summed E-state index contributed by atoms with van der Waals surface area (Å²) in [5.74, 6) is 0. The van der Waals surface area contributed by atoms with E-state index in [1.807, 2.05) is 42.5 Å². The fourth-order valence-electron chi connectivity index (χ4n) is 3.49. The number of H-pyrrole nitrogens is 2. The van der Waals surface area contributed by atoms with Gasteiger partial charge in [-0.3, -0.25) is 24.9 Å². The second-order valence-electron chi connectivity index (χ2n) is 6.44. The smallest absolute Gasteiger partial charge is 0.290 e. The molecule has 0 aliphatic carbocycles. The first-order valence-electron chi connectivity index (χ1n) is 8.62. The standard InChI is InChI=1S/C20H11N5O4/c26-19-17-18(23-20(27)24-19)22-15-13(8-9-14(25(28)29)16(15)21-17)12-7-3-5-10-4-1-2-6-11(10)12/h1-9H,(H2,22,23,24,26,27). The van der Waals surface area contributed by atoms with Crippen molar-refractivity contribution in [2.45, 2.75) is 0 Å². The van der Waals surface area contributed by atoms with E-state index in [2.05, 4.69) is 19.9 Å². The van der Waals surface area contributed by atoms with E-state index < -0.39 is 16.2 Å². The van der Waals surface area contributed by atoms with E-state index in [1.54, 1.807) is 6.07 Å². The lowest BCUT2D eigenvalue weighted by molar-refractivity contribution is -0.383. The Morgan fingerprint density at radius 3 is 2.41 bits per heavy atom. The van der Waals surface area contributed by atoms with Crippen molar-refractivity contribution in [3.8, 4) is 11.1 Å². The zero-order valence-electron chi connectivity index (χ0n) is 14.7. The molecule has 3 aromatic carbocycles. The molecule has 0 fully saturated rings. The summed E-state index contributed by atoms with van der Waals surface area (Å²) in [5, 5.41) is 13.5. The van der Waals surface area contributed by atoms with Gasteiger partial charge in [0.05, 0.1) is 4.92 Å². The first-order chi connectivity index (χ1) is 14.0. The van der Waals surface area contributed by atoms with Gasteiger partial charge in [0.25, 0.3) is 11.2 Å². The predicted molar refractivity (Wildman–Crippen MR) is 108 cm³/mol. The van der Waals surface area contributed by atoms with Crippen molar-refractivity contribution < 1.29 is 4.92 Å². The topological polar surface area (TPSA) is 135 Å². The number of non-ortho nitro benzene ring substituents is 1. The number of aromatic amines is 2. The van der Waals surface area contributed by atoms with Crippen molar-refractivity contribution in [2.24, 2.45) is 0 Å². The molecule has 0 aliphatic rings. The quantitative estimate of drug-likeness (QED) is 0.272. The summed E-state index contributed by atoms with van der Waals surface area (Å²) in [6.07, 6.45) is 0. The maximum atomic E-state index is 12.1. The van der Waals surface area contributed by atoms with Gasteiger partial charge < -0.3 is 0 Å². The summed E-state index contributed by atoms with van der Waals surface area (Å²) in [4.78, 5) is 47.8. The molecule has 2 N–H and O–H groups in total. The van der Waals surface area contributed by atoms with Crippen molar-refractivity contribution in [3.05, 3.63) is 85.5 Å². The molecule has 9 nitrogen and oxygen atoms in total. The van der Waals surface area contributed by atoms with E-state index in [9.17, 15) is 19.7 Å². The number of nitrogens with one attached hydrogen (secondary N) is 2. The Bertz CT molecular complexity index is 1580. The molecule has 0 spiro atoms. The second kappa shape index (κ2) is 6.06. The summed E-state index contributed by atoms with van der Waals surface area (Å²) in [5.41, 5.74) is -0.347. The van der Waals surface area contributed by atoms with Crippen LogP contribution in [0.2, 0.25) is 0 Å². The monoisotopic (exact) mass is 385 g/mol. The van der Waals surface area contributed by atoms with Gasteiger partial charge in [0, 0.05) is 11.6 Å². The third-order valence-corrected chi connectivity index (χ3v) is 4.75. The maximum Gasteiger partial charge on any atom is 0.327 e. The highest BCUT2D eigenvalue weighted by Gasteiger charge is 2.21. The number of nitrogens with zero attached hydrogens (tertiary/aromatic N) is 3. The molecule has 29 heavy (non-hydrogen) atoms. The summed E-state index contributed by atoms with van der Waals surface area (Å²) in [7, 11) is 0. The van der Waals surface area contributed by atoms with E-state index >= 15 is 0 Å². The Labute approximate surface area is 160 Å². The summed E-state index contributed by atoms with van der Waals surface area (Å²) >= 11 is 0. The average Bonchev–Trinajstić information content (AvgIpc) is 2.71. The number of fused-ring (bicyclic) bond motifs is 3. The molecule has 2 heterocycles. The van der Waals surface area contributed by atoms with Crippen LogP contribution in [0, 0.1) is 10.1 Å². The van der Waals surface area contributed by atoms with E-state index in [4.69, 9.17) is 0 Å². The molecule has 2 aromatic heterocycles. The van der Waals surface area contributed by atoms with Crippen molar-refractivity contribution in [2.75, 3.05) is 0 Å². The summed E-state index contributed by atoms with van der Waals surface area (Å²) in [6, 6.07) is 16.4. The van der Waals surface area contributed by atoms with Gasteiger partial charge in [-0.05, 0) is 22.4 Å². The molecule has 5 rings (SSSR count). The van der Waals surface area contributed by atoms with Crippen LogP contribution in [0.25, 0.3) is 44.1 Å². The normalized spacial score (nSPS) is 11.3. The molecule has 9 heteroatoms. The Hall–Kier alpha value is -4.40. The van der Waals surface area contributed by atoms with E-state index in [0.717, 1.165) is 16.3 Å². The number of aromatic nitrogens is 4. The Morgan fingerprint density at radius 1 is 0.793 bits per heavy atom. The largest absolute Gasteiger partial charge is 0.327 e. The molecule has 140 valence electrons. The molecular formula is C20H11N5O4. The lowest BCUT2D eigenvalue weighted by Gasteiger charge is -2.10. The highest BCUT2D eigenvalue weighted by Crippen LogP contribution is 2.36. The molecule has 0 radical (unpaired) electrons. The fourth-order valence-corrected chi connectivity index (χ4v) is 3.49. The third-order valence-electron chi connectivity index (χ3n) is 4.75. The highest BCUT2D eigenvalue weighted by atomic mass is 16.6. The Kier molecular flexibility index (Phi) is 3.50. The maximum absolute atomic E-state index is 12.1.